The van der Waals surface area contributed by atoms with Crippen LogP contribution in [0.3, 0.4) is 0 Å². The first-order chi connectivity index (χ1) is 11.0. The van der Waals surface area contributed by atoms with Crippen LogP contribution in [0.4, 0.5) is 14.5 Å². The summed E-state index contributed by atoms with van der Waals surface area (Å²) in [6, 6.07) is 10.0. The predicted molar refractivity (Wildman–Crippen MR) is 79.8 cm³/mol. The fourth-order valence-electron chi connectivity index (χ4n) is 1.89. The van der Waals surface area contributed by atoms with Gasteiger partial charge in [-0.2, -0.15) is 0 Å². The molecule has 0 saturated heterocycles. The summed E-state index contributed by atoms with van der Waals surface area (Å²) in [4.78, 5) is 23.4. The summed E-state index contributed by atoms with van der Waals surface area (Å²) in [5, 5.41) is 4.27. The molecule has 0 radical (unpaired) electrons. The maximum atomic E-state index is 13.4. The summed E-state index contributed by atoms with van der Waals surface area (Å²) in [5.41, 5.74) is -0.00170. The number of nitrogens with one attached hydrogen (secondary N) is 2. The summed E-state index contributed by atoms with van der Waals surface area (Å²) in [7, 11) is 1.48. The minimum absolute atomic E-state index is 0.0377. The lowest BCUT2D eigenvalue weighted by atomic mass is 10.2. The molecule has 120 valence electrons. The van der Waals surface area contributed by atoms with Crippen molar-refractivity contribution >= 4 is 17.5 Å². The second-order valence-corrected chi connectivity index (χ2v) is 4.55. The molecule has 2 rings (SSSR count). The van der Waals surface area contributed by atoms with Gasteiger partial charge in [0, 0.05) is 12.1 Å². The van der Waals surface area contributed by atoms with Crippen molar-refractivity contribution in [2.24, 2.45) is 0 Å². The largest absolute Gasteiger partial charge is 0.496 e. The molecule has 0 saturated carbocycles. The van der Waals surface area contributed by atoms with E-state index in [1.54, 1.807) is 24.3 Å². The van der Waals surface area contributed by atoms with Crippen molar-refractivity contribution in [3.05, 3.63) is 59.7 Å². The number of rotatable bonds is 4. The third kappa shape index (κ3) is 4.03. The van der Waals surface area contributed by atoms with Crippen LogP contribution in [-0.4, -0.2) is 18.9 Å². The zero-order chi connectivity index (χ0) is 16.8. The van der Waals surface area contributed by atoms with E-state index < -0.39 is 29.1 Å². The Morgan fingerprint density at radius 1 is 1.00 bits per heavy atom. The highest BCUT2D eigenvalue weighted by Gasteiger charge is 2.18. The number of amides is 2. The van der Waals surface area contributed by atoms with Gasteiger partial charge in [0.15, 0.2) is 0 Å². The van der Waals surface area contributed by atoms with Crippen LogP contribution < -0.4 is 15.4 Å². The Kier molecular flexibility index (Phi) is 5.24. The first-order valence-electron chi connectivity index (χ1n) is 6.68. The number of ether oxygens (including phenoxy) is 1. The topological polar surface area (TPSA) is 67.4 Å². The van der Waals surface area contributed by atoms with Gasteiger partial charge in [-0.15, -0.1) is 0 Å². The molecule has 0 aliphatic rings. The highest BCUT2D eigenvalue weighted by atomic mass is 19.1. The molecule has 0 atom stereocenters. The third-order valence-electron chi connectivity index (χ3n) is 3.04. The lowest BCUT2D eigenvalue weighted by Gasteiger charge is -2.10. The van der Waals surface area contributed by atoms with Crippen LogP contribution in [-0.2, 0) is 16.1 Å². The lowest BCUT2D eigenvalue weighted by Crippen LogP contribution is -2.35. The van der Waals surface area contributed by atoms with Crippen molar-refractivity contribution in [3.8, 4) is 5.75 Å². The molecule has 0 bridgehead atoms. The molecule has 2 amide bonds. The zero-order valence-electron chi connectivity index (χ0n) is 12.2. The number of anilines is 1. The van der Waals surface area contributed by atoms with Crippen molar-refractivity contribution in [1.29, 1.82) is 0 Å². The van der Waals surface area contributed by atoms with Gasteiger partial charge < -0.3 is 15.4 Å². The highest BCUT2D eigenvalue weighted by molar-refractivity contribution is 6.39. The average Bonchev–Trinajstić information content (AvgIpc) is 2.56. The van der Waals surface area contributed by atoms with Gasteiger partial charge in [-0.25, -0.2) is 8.78 Å². The molecule has 0 aliphatic heterocycles. The smallest absolute Gasteiger partial charge is 0.313 e. The Morgan fingerprint density at radius 2 is 1.65 bits per heavy atom. The molecule has 7 heteroatoms. The molecular formula is C16H14F2N2O3. The Labute approximate surface area is 131 Å². The molecular weight excluding hydrogens is 306 g/mol. The van der Waals surface area contributed by atoms with Crippen LogP contribution in [0.1, 0.15) is 5.56 Å². The molecule has 0 fully saturated rings. The van der Waals surface area contributed by atoms with Gasteiger partial charge in [-0.3, -0.25) is 9.59 Å². The van der Waals surface area contributed by atoms with Crippen LogP contribution in [0.25, 0.3) is 0 Å². The minimum atomic E-state index is -1.16. The number of carbonyl (C=O) groups excluding carboxylic acids is 2. The maximum absolute atomic E-state index is 13.4. The molecule has 0 aliphatic carbocycles. The first-order valence-corrected chi connectivity index (χ1v) is 6.68. The summed E-state index contributed by atoms with van der Waals surface area (Å²) in [5.74, 6) is -3.55. The van der Waals surface area contributed by atoms with Crippen LogP contribution in [0.15, 0.2) is 42.5 Å². The van der Waals surface area contributed by atoms with Crippen LogP contribution in [0.2, 0.25) is 0 Å². The summed E-state index contributed by atoms with van der Waals surface area (Å²) in [6.45, 7) is 0.0377. The van der Waals surface area contributed by atoms with Crippen molar-refractivity contribution in [2.45, 2.75) is 6.54 Å². The number of hydrogen-bond donors (Lipinski definition) is 2. The molecule has 0 aromatic heterocycles. The van der Waals surface area contributed by atoms with E-state index >= 15 is 0 Å². The summed E-state index contributed by atoms with van der Waals surface area (Å²) >= 11 is 0. The Bertz CT molecular complexity index is 715. The van der Waals surface area contributed by atoms with Crippen molar-refractivity contribution in [3.63, 3.8) is 0 Å². The SMILES string of the molecule is COc1ccccc1CNC(=O)C(=O)Nc1c(F)cccc1F. The van der Waals surface area contributed by atoms with E-state index in [0.717, 1.165) is 18.2 Å². The number of methoxy groups -OCH3 is 1. The number of benzene rings is 2. The van der Waals surface area contributed by atoms with Crippen molar-refractivity contribution in [2.75, 3.05) is 12.4 Å². The van der Waals surface area contributed by atoms with Crippen LogP contribution >= 0.6 is 0 Å². The highest BCUT2D eigenvalue weighted by Crippen LogP contribution is 2.18. The van der Waals surface area contributed by atoms with E-state index in [4.69, 9.17) is 4.74 Å². The average molecular weight is 320 g/mol. The number of carbonyl (C=O) groups is 2. The fraction of sp³-hybridized carbons (Fsp3) is 0.125. The van der Waals surface area contributed by atoms with Crippen LogP contribution in [0, 0.1) is 11.6 Å². The Balaban J connectivity index is 1.99. The monoisotopic (exact) mass is 320 g/mol. The van der Waals surface area contributed by atoms with E-state index in [0.29, 0.717) is 11.3 Å². The number of halogens is 2. The second kappa shape index (κ2) is 7.35. The standard InChI is InChI=1S/C16H14F2N2O3/c1-23-13-8-3-2-5-10(13)9-19-15(21)16(22)20-14-11(17)6-4-7-12(14)18/h2-8H,9H2,1H3,(H,19,21)(H,20,22). The van der Waals surface area contributed by atoms with Crippen LogP contribution in [0.5, 0.6) is 5.75 Å². The van der Waals surface area contributed by atoms with Gasteiger partial charge in [0.2, 0.25) is 0 Å². The first kappa shape index (κ1) is 16.4. The molecule has 0 unspecified atom stereocenters. The van der Waals surface area contributed by atoms with Crippen molar-refractivity contribution in [1.82, 2.24) is 5.32 Å². The Morgan fingerprint density at radius 3 is 2.30 bits per heavy atom. The van der Waals surface area contributed by atoms with Gasteiger partial charge in [0.25, 0.3) is 0 Å². The normalized spacial score (nSPS) is 10.0. The van der Waals surface area contributed by atoms with Gasteiger partial charge in [0.1, 0.15) is 23.1 Å². The summed E-state index contributed by atoms with van der Waals surface area (Å²) < 4.78 is 32.0. The molecule has 0 heterocycles. The lowest BCUT2D eigenvalue weighted by molar-refractivity contribution is -0.136. The van der Waals surface area contributed by atoms with Gasteiger partial charge in [0.05, 0.1) is 7.11 Å². The third-order valence-corrected chi connectivity index (χ3v) is 3.04. The zero-order valence-corrected chi connectivity index (χ0v) is 12.2. The molecule has 0 spiro atoms. The van der Waals surface area contributed by atoms with Gasteiger partial charge >= 0.3 is 11.8 Å². The predicted octanol–water partition coefficient (Wildman–Crippen LogP) is 2.23. The Hall–Kier alpha value is -2.96. The molecule has 2 aromatic rings. The van der Waals surface area contributed by atoms with E-state index in [2.05, 4.69) is 5.32 Å². The summed E-state index contributed by atoms with van der Waals surface area (Å²) in [6.07, 6.45) is 0. The van der Waals surface area contributed by atoms with Gasteiger partial charge in [-0.05, 0) is 18.2 Å². The quantitative estimate of drug-likeness (QED) is 0.849. The molecule has 2 aromatic carbocycles. The second-order valence-electron chi connectivity index (χ2n) is 4.55. The van der Waals surface area contributed by atoms with Crippen molar-refractivity contribution < 1.29 is 23.1 Å². The van der Waals surface area contributed by atoms with E-state index in [-0.39, 0.29) is 6.54 Å². The number of para-hydroxylation sites is 2. The van der Waals surface area contributed by atoms with E-state index in [9.17, 15) is 18.4 Å². The van der Waals surface area contributed by atoms with Gasteiger partial charge in [-0.1, -0.05) is 24.3 Å². The minimum Gasteiger partial charge on any atom is -0.496 e. The number of hydrogen-bond acceptors (Lipinski definition) is 3. The molecule has 5 nitrogen and oxygen atoms in total. The fourth-order valence-corrected chi connectivity index (χ4v) is 1.89. The molecule has 2 N–H and O–H groups in total. The maximum Gasteiger partial charge on any atom is 0.313 e. The van der Waals surface area contributed by atoms with E-state index in [1.807, 2.05) is 5.32 Å². The van der Waals surface area contributed by atoms with E-state index in [1.165, 1.54) is 7.11 Å². The molecule has 23 heavy (non-hydrogen) atoms.